The highest BCUT2D eigenvalue weighted by atomic mass is 16.3. The first-order valence-corrected chi connectivity index (χ1v) is 8.77. The Balaban J connectivity index is 1.55. The van der Waals surface area contributed by atoms with Crippen LogP contribution in [0.3, 0.4) is 0 Å². The van der Waals surface area contributed by atoms with Crippen LogP contribution in [0.1, 0.15) is 36.8 Å². The molecule has 4 nitrogen and oxygen atoms in total. The average molecular weight is 316 g/mol. The molecule has 2 fully saturated rings. The van der Waals surface area contributed by atoms with Gasteiger partial charge >= 0.3 is 0 Å². The molecule has 0 bridgehead atoms. The maximum absolute atomic E-state index is 11.9. The number of carbonyl (C=O) groups excluding carboxylic acids is 1. The molecule has 2 aliphatic heterocycles. The topological polar surface area (TPSA) is 43.8 Å². The first kappa shape index (κ1) is 16.5. The third kappa shape index (κ3) is 3.93. The van der Waals surface area contributed by atoms with E-state index in [1.165, 1.54) is 11.1 Å². The SMILES string of the molecule is Cc1ccc(CN2CCC3(CCC(=O)N(CCO)C3)CC2)cc1. The zero-order valence-electron chi connectivity index (χ0n) is 14.1. The lowest BCUT2D eigenvalue weighted by Crippen LogP contribution is -2.51. The number of hydrogen-bond donors (Lipinski definition) is 1. The number of piperidine rings is 2. The molecule has 0 atom stereocenters. The molecule has 1 N–H and O–H groups in total. The number of aliphatic hydroxyl groups excluding tert-OH is 1. The second kappa shape index (κ2) is 7.02. The van der Waals surface area contributed by atoms with Gasteiger partial charge in [-0.1, -0.05) is 29.8 Å². The number of amides is 1. The van der Waals surface area contributed by atoms with Gasteiger partial charge in [0.05, 0.1) is 6.61 Å². The van der Waals surface area contributed by atoms with E-state index in [-0.39, 0.29) is 17.9 Å². The number of rotatable bonds is 4. The summed E-state index contributed by atoms with van der Waals surface area (Å²) >= 11 is 0. The van der Waals surface area contributed by atoms with Gasteiger partial charge in [-0.15, -0.1) is 0 Å². The summed E-state index contributed by atoms with van der Waals surface area (Å²) in [6.07, 6.45) is 3.99. The second-order valence-corrected chi connectivity index (χ2v) is 7.30. The van der Waals surface area contributed by atoms with Crippen molar-refractivity contribution >= 4 is 5.91 Å². The van der Waals surface area contributed by atoms with Gasteiger partial charge in [0.2, 0.25) is 5.91 Å². The molecule has 0 aliphatic carbocycles. The Bertz CT molecular complexity index is 533. The van der Waals surface area contributed by atoms with Crippen molar-refractivity contribution in [2.75, 3.05) is 32.8 Å². The zero-order valence-corrected chi connectivity index (χ0v) is 14.1. The van der Waals surface area contributed by atoms with E-state index in [0.717, 1.165) is 45.4 Å². The Morgan fingerprint density at radius 1 is 1.13 bits per heavy atom. The predicted octanol–water partition coefficient (Wildman–Crippen LogP) is 2.19. The molecule has 0 saturated carbocycles. The maximum atomic E-state index is 11.9. The van der Waals surface area contributed by atoms with Gasteiger partial charge < -0.3 is 10.0 Å². The first-order valence-electron chi connectivity index (χ1n) is 8.77. The summed E-state index contributed by atoms with van der Waals surface area (Å²) in [6, 6.07) is 8.81. The number of aliphatic hydroxyl groups is 1. The Morgan fingerprint density at radius 3 is 2.48 bits per heavy atom. The van der Waals surface area contributed by atoms with E-state index in [0.29, 0.717) is 13.0 Å². The van der Waals surface area contributed by atoms with Gasteiger partial charge in [-0.25, -0.2) is 0 Å². The van der Waals surface area contributed by atoms with Crippen LogP contribution in [0.15, 0.2) is 24.3 Å². The molecule has 0 aromatic heterocycles. The lowest BCUT2D eigenvalue weighted by Gasteiger charge is -2.47. The predicted molar refractivity (Wildman–Crippen MR) is 91.0 cm³/mol. The summed E-state index contributed by atoms with van der Waals surface area (Å²) in [4.78, 5) is 16.4. The number of nitrogens with zero attached hydrogens (tertiary/aromatic N) is 2. The van der Waals surface area contributed by atoms with Crippen LogP contribution < -0.4 is 0 Å². The van der Waals surface area contributed by atoms with E-state index in [1.807, 2.05) is 4.90 Å². The van der Waals surface area contributed by atoms with Crippen molar-refractivity contribution in [1.29, 1.82) is 0 Å². The molecule has 1 spiro atoms. The van der Waals surface area contributed by atoms with E-state index in [4.69, 9.17) is 5.11 Å². The third-order valence-electron chi connectivity index (χ3n) is 5.56. The van der Waals surface area contributed by atoms with Gasteiger partial charge in [-0.05, 0) is 50.3 Å². The van der Waals surface area contributed by atoms with Gasteiger partial charge in [0.25, 0.3) is 0 Å². The lowest BCUT2D eigenvalue weighted by atomic mass is 9.72. The highest BCUT2D eigenvalue weighted by Crippen LogP contribution is 2.40. The fraction of sp³-hybridized carbons (Fsp3) is 0.632. The van der Waals surface area contributed by atoms with Crippen molar-refractivity contribution < 1.29 is 9.90 Å². The monoisotopic (exact) mass is 316 g/mol. The molecule has 3 rings (SSSR count). The average Bonchev–Trinajstić information content (AvgIpc) is 2.56. The van der Waals surface area contributed by atoms with Crippen LogP contribution in [0.5, 0.6) is 0 Å². The summed E-state index contributed by atoms with van der Waals surface area (Å²) in [5, 5.41) is 9.15. The zero-order chi connectivity index (χ0) is 16.3. The van der Waals surface area contributed by atoms with Crippen LogP contribution in [0, 0.1) is 12.3 Å². The molecule has 0 unspecified atom stereocenters. The minimum Gasteiger partial charge on any atom is -0.395 e. The molecule has 2 saturated heterocycles. The summed E-state index contributed by atoms with van der Waals surface area (Å²) in [7, 11) is 0. The van der Waals surface area contributed by atoms with Crippen LogP contribution in [-0.2, 0) is 11.3 Å². The molecule has 1 amide bonds. The Kier molecular flexibility index (Phi) is 5.02. The van der Waals surface area contributed by atoms with Crippen molar-refractivity contribution in [2.45, 2.75) is 39.2 Å². The summed E-state index contributed by atoms with van der Waals surface area (Å²) in [5.41, 5.74) is 2.97. The number of hydrogen-bond acceptors (Lipinski definition) is 3. The number of carbonyl (C=O) groups is 1. The molecular formula is C19H28N2O2. The van der Waals surface area contributed by atoms with Gasteiger partial charge in [-0.3, -0.25) is 9.69 Å². The van der Waals surface area contributed by atoms with Gasteiger partial charge in [0.15, 0.2) is 0 Å². The smallest absolute Gasteiger partial charge is 0.222 e. The van der Waals surface area contributed by atoms with Crippen molar-refractivity contribution in [3.63, 3.8) is 0 Å². The normalized spacial score (nSPS) is 21.8. The van der Waals surface area contributed by atoms with Crippen LogP contribution in [0.4, 0.5) is 0 Å². The van der Waals surface area contributed by atoms with Crippen molar-refractivity contribution in [2.24, 2.45) is 5.41 Å². The summed E-state index contributed by atoms with van der Waals surface area (Å²) < 4.78 is 0. The van der Waals surface area contributed by atoms with Crippen LogP contribution in [0.25, 0.3) is 0 Å². The quantitative estimate of drug-likeness (QED) is 0.926. The summed E-state index contributed by atoms with van der Waals surface area (Å²) in [5.74, 6) is 0.215. The van der Waals surface area contributed by atoms with Crippen LogP contribution in [-0.4, -0.2) is 53.6 Å². The van der Waals surface area contributed by atoms with E-state index in [9.17, 15) is 4.79 Å². The number of β-amino-alcohol motifs (C(OH)–C–C–N with tert-alkyl or cyclic N) is 1. The Labute approximate surface area is 139 Å². The highest BCUT2D eigenvalue weighted by molar-refractivity contribution is 5.77. The Morgan fingerprint density at radius 2 is 1.83 bits per heavy atom. The molecule has 1 aromatic rings. The number of benzene rings is 1. The minimum absolute atomic E-state index is 0.0708. The fourth-order valence-electron chi connectivity index (χ4n) is 3.97. The lowest BCUT2D eigenvalue weighted by molar-refractivity contribution is -0.139. The Hall–Kier alpha value is -1.39. The first-order chi connectivity index (χ1) is 11.1. The molecule has 4 heteroatoms. The minimum atomic E-state index is 0.0708. The molecular weight excluding hydrogens is 288 g/mol. The van der Waals surface area contributed by atoms with Crippen molar-refractivity contribution in [3.8, 4) is 0 Å². The van der Waals surface area contributed by atoms with Crippen molar-refractivity contribution in [1.82, 2.24) is 9.80 Å². The van der Waals surface area contributed by atoms with E-state index < -0.39 is 0 Å². The second-order valence-electron chi connectivity index (χ2n) is 7.30. The standard InChI is InChI=1S/C19H28N2O2/c1-16-2-4-17(5-3-16)14-20-10-8-19(9-11-20)7-6-18(23)21(15-19)12-13-22/h2-5,22H,6-15H2,1H3. The fourth-order valence-corrected chi connectivity index (χ4v) is 3.97. The van der Waals surface area contributed by atoms with E-state index >= 15 is 0 Å². The van der Waals surface area contributed by atoms with E-state index in [2.05, 4.69) is 36.1 Å². The molecule has 2 aliphatic rings. The van der Waals surface area contributed by atoms with Gasteiger partial charge in [0.1, 0.15) is 0 Å². The van der Waals surface area contributed by atoms with Crippen molar-refractivity contribution in [3.05, 3.63) is 35.4 Å². The molecule has 126 valence electrons. The molecule has 23 heavy (non-hydrogen) atoms. The number of likely N-dealkylation sites (tertiary alicyclic amines) is 2. The van der Waals surface area contributed by atoms with Crippen LogP contribution in [0.2, 0.25) is 0 Å². The molecule has 1 aromatic carbocycles. The third-order valence-corrected chi connectivity index (χ3v) is 5.56. The van der Waals surface area contributed by atoms with Crippen LogP contribution >= 0.6 is 0 Å². The molecule has 0 radical (unpaired) electrons. The maximum Gasteiger partial charge on any atom is 0.222 e. The largest absolute Gasteiger partial charge is 0.395 e. The van der Waals surface area contributed by atoms with Gasteiger partial charge in [-0.2, -0.15) is 0 Å². The number of aryl methyl sites for hydroxylation is 1. The van der Waals surface area contributed by atoms with Gasteiger partial charge in [0, 0.05) is 26.1 Å². The highest BCUT2D eigenvalue weighted by Gasteiger charge is 2.40. The summed E-state index contributed by atoms with van der Waals surface area (Å²) in [6.45, 7) is 6.76. The molecule has 2 heterocycles. The van der Waals surface area contributed by atoms with E-state index in [1.54, 1.807) is 0 Å².